The fourth-order valence-electron chi connectivity index (χ4n) is 3.17. The van der Waals surface area contributed by atoms with Crippen LogP contribution in [0.15, 0.2) is 58.7 Å². The van der Waals surface area contributed by atoms with Crippen LogP contribution in [-0.4, -0.2) is 22.3 Å². The van der Waals surface area contributed by atoms with Gasteiger partial charge in [0.25, 0.3) is 0 Å². The van der Waals surface area contributed by atoms with Crippen molar-refractivity contribution in [1.29, 1.82) is 0 Å². The van der Waals surface area contributed by atoms with Gasteiger partial charge in [-0.2, -0.15) is 5.10 Å². The van der Waals surface area contributed by atoms with E-state index in [0.717, 1.165) is 42.9 Å². The molecule has 0 aliphatic carbocycles. The smallest absolute Gasteiger partial charge is 0.211 e. The van der Waals surface area contributed by atoms with E-state index in [2.05, 4.69) is 15.5 Å². The van der Waals surface area contributed by atoms with Crippen LogP contribution in [0.25, 0.3) is 21.0 Å². The van der Waals surface area contributed by atoms with Gasteiger partial charge < -0.3 is 21.9 Å². The molecule has 0 spiro atoms. The molecule has 4 rings (SSSR count). The third-order valence-electron chi connectivity index (χ3n) is 4.52. The summed E-state index contributed by atoms with van der Waals surface area (Å²) >= 11 is 1.52. The highest BCUT2D eigenvalue weighted by Crippen LogP contribution is 2.41. The summed E-state index contributed by atoms with van der Waals surface area (Å²) < 4.78 is 0.976. The van der Waals surface area contributed by atoms with E-state index in [1.807, 2.05) is 55.5 Å². The number of phenols is 1. The molecular formula is C21H20N6OS. The first kappa shape index (κ1) is 18.7. The maximum Gasteiger partial charge on any atom is 0.211 e. The third-order valence-corrected chi connectivity index (χ3v) is 5.61. The zero-order valence-electron chi connectivity index (χ0n) is 15.8. The van der Waals surface area contributed by atoms with Crippen LogP contribution in [-0.2, 0) is 6.42 Å². The number of benzene rings is 3. The van der Waals surface area contributed by atoms with Gasteiger partial charge in [-0.1, -0.05) is 47.7 Å². The van der Waals surface area contributed by atoms with Gasteiger partial charge in [-0.05, 0) is 24.6 Å². The predicted octanol–water partition coefficient (Wildman–Crippen LogP) is 4.01. The largest absolute Gasteiger partial charge is 0.507 e. The normalized spacial score (nSPS) is 11.3. The molecule has 6 N–H and O–H groups in total. The van der Waals surface area contributed by atoms with Gasteiger partial charge in [0.15, 0.2) is 5.13 Å². The number of nitrogens with zero attached hydrogens (tertiary/aromatic N) is 3. The third kappa shape index (κ3) is 3.83. The highest BCUT2D eigenvalue weighted by molar-refractivity contribution is 7.22. The van der Waals surface area contributed by atoms with E-state index >= 15 is 0 Å². The Morgan fingerprint density at radius 1 is 1.17 bits per heavy atom. The van der Waals surface area contributed by atoms with Crippen molar-refractivity contribution in [3.63, 3.8) is 0 Å². The van der Waals surface area contributed by atoms with Crippen molar-refractivity contribution in [3.05, 3.63) is 59.7 Å². The Kier molecular flexibility index (Phi) is 5.01. The molecule has 0 amide bonds. The number of nitrogens with one attached hydrogen (secondary N) is 1. The fraction of sp³-hybridized carbons (Fsp3) is 0.0952. The van der Waals surface area contributed by atoms with Crippen LogP contribution in [0.3, 0.4) is 0 Å². The van der Waals surface area contributed by atoms with Crippen LogP contribution < -0.4 is 16.8 Å². The predicted molar refractivity (Wildman–Crippen MR) is 121 cm³/mol. The molecule has 7 nitrogen and oxygen atoms in total. The van der Waals surface area contributed by atoms with E-state index < -0.39 is 0 Å². The molecule has 0 unspecified atom stereocenters. The lowest BCUT2D eigenvalue weighted by molar-refractivity contribution is 0.478. The lowest BCUT2D eigenvalue weighted by Gasteiger charge is -2.05. The molecule has 1 heterocycles. The Balaban J connectivity index is 1.64. The lowest BCUT2D eigenvalue weighted by Crippen LogP contribution is -2.21. The summed E-state index contributed by atoms with van der Waals surface area (Å²) in [5, 5.41) is 23.9. The fourth-order valence-corrected chi connectivity index (χ4v) is 4.17. The first-order valence-electron chi connectivity index (χ1n) is 9.00. The minimum Gasteiger partial charge on any atom is -0.507 e. The minimum absolute atomic E-state index is 0.0682. The topological polar surface area (TPSA) is 122 Å². The molecule has 29 heavy (non-hydrogen) atoms. The van der Waals surface area contributed by atoms with Crippen molar-refractivity contribution in [2.24, 2.45) is 21.7 Å². The first-order chi connectivity index (χ1) is 14.0. The van der Waals surface area contributed by atoms with E-state index in [1.165, 1.54) is 11.3 Å². The number of rotatable bonds is 5. The van der Waals surface area contributed by atoms with E-state index in [1.54, 1.807) is 6.21 Å². The average Bonchev–Trinajstić information content (AvgIpc) is 3.14. The van der Waals surface area contributed by atoms with Gasteiger partial charge in [0.05, 0.1) is 10.2 Å². The second-order valence-electron chi connectivity index (χ2n) is 6.57. The molecule has 0 atom stereocenters. The zero-order chi connectivity index (χ0) is 20.4. The van der Waals surface area contributed by atoms with Crippen molar-refractivity contribution < 1.29 is 5.11 Å². The number of nitrogens with two attached hydrogens (primary N) is 2. The van der Waals surface area contributed by atoms with E-state index in [4.69, 9.17) is 16.5 Å². The van der Waals surface area contributed by atoms with E-state index in [9.17, 15) is 5.11 Å². The maximum atomic E-state index is 10.5. The molecular weight excluding hydrogens is 384 g/mol. The Morgan fingerprint density at radius 3 is 2.76 bits per heavy atom. The molecule has 1 aromatic heterocycles. The molecule has 0 bridgehead atoms. The Labute approximate surface area is 171 Å². The monoisotopic (exact) mass is 404 g/mol. The number of hydrogen-bond acceptors (Lipinski definition) is 6. The molecule has 0 aliphatic rings. The van der Waals surface area contributed by atoms with Gasteiger partial charge >= 0.3 is 0 Å². The Hall–Kier alpha value is -3.65. The standard InChI is InChI=1S/C21H20N6OS/c1-12-18(28)16-8-3-2-7-15(16)17-19(12)29-21(26-17)25-14-6-4-5-13(11-14)9-10-24-27-20(22)23/h2-8,10-11,28H,9H2,1H3,(H,25,26)(H4,22,23,27)/b24-10+. The number of aryl methyl sites for hydroxylation is 1. The summed E-state index contributed by atoms with van der Waals surface area (Å²) in [4.78, 5) is 4.79. The highest BCUT2D eigenvalue weighted by Gasteiger charge is 2.15. The maximum absolute atomic E-state index is 10.5. The molecule has 0 fully saturated rings. The molecule has 4 aromatic rings. The minimum atomic E-state index is -0.0682. The molecule has 0 saturated heterocycles. The number of aromatic hydroxyl groups is 1. The molecule has 0 aliphatic heterocycles. The van der Waals surface area contributed by atoms with Crippen LogP contribution in [0.5, 0.6) is 5.75 Å². The summed E-state index contributed by atoms with van der Waals surface area (Å²) in [5.74, 6) is 0.242. The van der Waals surface area contributed by atoms with Crippen LogP contribution in [0, 0.1) is 6.92 Å². The number of anilines is 2. The first-order valence-corrected chi connectivity index (χ1v) is 9.82. The van der Waals surface area contributed by atoms with E-state index in [0.29, 0.717) is 12.2 Å². The van der Waals surface area contributed by atoms with Crippen LogP contribution in [0.2, 0.25) is 0 Å². The van der Waals surface area contributed by atoms with Crippen molar-refractivity contribution >= 4 is 55.3 Å². The van der Waals surface area contributed by atoms with E-state index in [-0.39, 0.29) is 5.96 Å². The number of thiazole rings is 1. The van der Waals surface area contributed by atoms with Crippen molar-refractivity contribution in [3.8, 4) is 5.75 Å². The zero-order valence-corrected chi connectivity index (χ0v) is 16.6. The average molecular weight is 404 g/mol. The van der Waals surface area contributed by atoms with Gasteiger partial charge in [-0.15, -0.1) is 5.10 Å². The number of aromatic nitrogens is 1. The molecule has 146 valence electrons. The van der Waals surface area contributed by atoms with Crippen molar-refractivity contribution in [2.75, 3.05) is 5.32 Å². The second-order valence-corrected chi connectivity index (χ2v) is 7.57. The Morgan fingerprint density at radius 2 is 1.97 bits per heavy atom. The Bertz CT molecular complexity index is 1260. The summed E-state index contributed by atoms with van der Waals surface area (Å²) in [5.41, 5.74) is 14.2. The van der Waals surface area contributed by atoms with Gasteiger partial charge in [0, 0.05) is 34.7 Å². The van der Waals surface area contributed by atoms with Crippen LogP contribution in [0.4, 0.5) is 10.8 Å². The van der Waals surface area contributed by atoms with Gasteiger partial charge in [-0.3, -0.25) is 0 Å². The number of fused-ring (bicyclic) bond motifs is 3. The number of guanidine groups is 1. The summed E-state index contributed by atoms with van der Waals surface area (Å²) in [6.07, 6.45) is 2.25. The van der Waals surface area contributed by atoms with Crippen LogP contribution >= 0.6 is 11.3 Å². The lowest BCUT2D eigenvalue weighted by atomic mass is 10.0. The molecule has 8 heteroatoms. The van der Waals surface area contributed by atoms with Crippen molar-refractivity contribution in [1.82, 2.24) is 4.98 Å². The van der Waals surface area contributed by atoms with Gasteiger partial charge in [-0.25, -0.2) is 4.98 Å². The van der Waals surface area contributed by atoms with Crippen molar-refractivity contribution in [2.45, 2.75) is 13.3 Å². The summed E-state index contributed by atoms with van der Waals surface area (Å²) in [6.45, 7) is 1.92. The van der Waals surface area contributed by atoms with Gasteiger partial charge in [0.1, 0.15) is 5.75 Å². The second kappa shape index (κ2) is 7.76. The number of phenolic OH excluding ortho intramolecular Hbond substituents is 1. The molecule has 0 saturated carbocycles. The molecule has 0 radical (unpaired) electrons. The van der Waals surface area contributed by atoms with Crippen LogP contribution in [0.1, 0.15) is 11.1 Å². The highest BCUT2D eigenvalue weighted by atomic mass is 32.1. The SMILES string of the molecule is Cc1c(O)c2ccccc2c2nc(Nc3cccc(C/C=N/N=C(N)N)c3)sc12. The summed E-state index contributed by atoms with van der Waals surface area (Å²) in [6, 6.07) is 15.7. The molecule has 3 aromatic carbocycles. The summed E-state index contributed by atoms with van der Waals surface area (Å²) in [7, 11) is 0. The van der Waals surface area contributed by atoms with Gasteiger partial charge in [0.2, 0.25) is 5.96 Å². The quantitative estimate of drug-likeness (QED) is 0.227. The number of hydrogen-bond donors (Lipinski definition) is 4.